The zero-order valence-corrected chi connectivity index (χ0v) is 11.4. The number of halogens is 2. The van der Waals surface area contributed by atoms with Crippen molar-refractivity contribution in [3.8, 4) is 0 Å². The van der Waals surface area contributed by atoms with Crippen LogP contribution in [0, 0.1) is 0 Å². The summed E-state index contributed by atoms with van der Waals surface area (Å²) in [5.74, 6) is 0. The topological polar surface area (TPSA) is 37.8 Å². The van der Waals surface area contributed by atoms with Gasteiger partial charge in [-0.1, -0.05) is 44.0 Å². The van der Waals surface area contributed by atoms with Crippen LogP contribution in [0.2, 0.25) is 10.3 Å². The van der Waals surface area contributed by atoms with Gasteiger partial charge in [0, 0.05) is 11.6 Å². The molecule has 0 fully saturated rings. The molecule has 0 bridgehead atoms. The molecule has 0 radical (unpaired) electrons. The van der Waals surface area contributed by atoms with Crippen LogP contribution >= 0.6 is 23.2 Å². The first-order chi connectivity index (χ1) is 7.56. The molecule has 1 N–H and O–H groups in total. The monoisotopic (exact) mass is 261 g/mol. The summed E-state index contributed by atoms with van der Waals surface area (Å²) >= 11 is 11.8. The number of nitrogens with one attached hydrogen (secondary N) is 1. The van der Waals surface area contributed by atoms with Crippen LogP contribution in [-0.2, 0) is 0 Å². The van der Waals surface area contributed by atoms with E-state index in [4.69, 9.17) is 23.2 Å². The molecule has 0 aliphatic carbocycles. The van der Waals surface area contributed by atoms with E-state index < -0.39 is 0 Å². The van der Waals surface area contributed by atoms with Gasteiger partial charge in [-0.2, -0.15) is 0 Å². The minimum absolute atomic E-state index is 0.0516. The SMILES string of the molecule is CCC(CC)(CC)Nc1cc(Cl)nnc1Cl. The number of rotatable bonds is 5. The van der Waals surface area contributed by atoms with E-state index in [0.29, 0.717) is 10.3 Å². The second-order valence-electron chi connectivity index (χ2n) is 3.84. The number of anilines is 1. The van der Waals surface area contributed by atoms with Crippen LogP contribution < -0.4 is 5.32 Å². The second kappa shape index (κ2) is 5.69. The average molecular weight is 262 g/mol. The molecule has 0 aromatic carbocycles. The van der Waals surface area contributed by atoms with E-state index in [-0.39, 0.29) is 5.54 Å². The molecule has 0 unspecified atom stereocenters. The van der Waals surface area contributed by atoms with Gasteiger partial charge < -0.3 is 5.32 Å². The van der Waals surface area contributed by atoms with Crippen LogP contribution in [0.15, 0.2) is 6.07 Å². The molecule has 16 heavy (non-hydrogen) atoms. The van der Waals surface area contributed by atoms with Crippen LogP contribution in [0.3, 0.4) is 0 Å². The highest BCUT2D eigenvalue weighted by molar-refractivity contribution is 6.33. The Kier molecular flexibility index (Phi) is 4.81. The first-order valence-electron chi connectivity index (χ1n) is 5.53. The molecular weight excluding hydrogens is 245 g/mol. The lowest BCUT2D eigenvalue weighted by atomic mass is 9.89. The van der Waals surface area contributed by atoms with E-state index in [1.165, 1.54) is 0 Å². The van der Waals surface area contributed by atoms with E-state index in [9.17, 15) is 0 Å². The van der Waals surface area contributed by atoms with Crippen molar-refractivity contribution in [1.29, 1.82) is 0 Å². The molecule has 0 aliphatic rings. The number of nitrogens with zero attached hydrogens (tertiary/aromatic N) is 2. The first kappa shape index (κ1) is 13.5. The van der Waals surface area contributed by atoms with Crippen LogP contribution in [0.25, 0.3) is 0 Å². The van der Waals surface area contributed by atoms with Gasteiger partial charge in [-0.15, -0.1) is 10.2 Å². The minimum atomic E-state index is 0.0516. The zero-order valence-electron chi connectivity index (χ0n) is 9.85. The third-order valence-electron chi connectivity index (χ3n) is 3.15. The smallest absolute Gasteiger partial charge is 0.174 e. The van der Waals surface area contributed by atoms with Crippen molar-refractivity contribution in [3.63, 3.8) is 0 Å². The molecular formula is C11H17Cl2N3. The summed E-state index contributed by atoms with van der Waals surface area (Å²) in [6.45, 7) is 6.47. The third-order valence-corrected chi connectivity index (χ3v) is 3.61. The predicted octanol–water partition coefficient (Wildman–Crippen LogP) is 4.16. The van der Waals surface area contributed by atoms with E-state index in [1.807, 2.05) is 0 Å². The molecule has 3 nitrogen and oxygen atoms in total. The van der Waals surface area contributed by atoms with Gasteiger partial charge in [0.1, 0.15) is 0 Å². The van der Waals surface area contributed by atoms with Gasteiger partial charge in [-0.25, -0.2) is 0 Å². The molecule has 0 spiro atoms. The maximum atomic E-state index is 5.98. The van der Waals surface area contributed by atoms with E-state index in [0.717, 1.165) is 24.9 Å². The molecule has 1 aromatic heterocycles. The fraction of sp³-hybridized carbons (Fsp3) is 0.636. The Hall–Kier alpha value is -0.540. The van der Waals surface area contributed by atoms with E-state index >= 15 is 0 Å². The average Bonchev–Trinajstić information content (AvgIpc) is 2.31. The van der Waals surface area contributed by atoms with Gasteiger partial charge in [-0.05, 0) is 19.3 Å². The summed E-state index contributed by atoms with van der Waals surface area (Å²) in [7, 11) is 0. The van der Waals surface area contributed by atoms with Crippen molar-refractivity contribution >= 4 is 28.9 Å². The number of hydrogen-bond donors (Lipinski definition) is 1. The highest BCUT2D eigenvalue weighted by atomic mass is 35.5. The van der Waals surface area contributed by atoms with Gasteiger partial charge in [0.05, 0.1) is 5.69 Å². The standard InChI is InChI=1S/C11H17Cl2N3/c1-4-11(5-2,6-3)14-8-7-9(12)15-16-10(8)13/h7H,4-6H2,1-3H3,(H,14,15). The summed E-state index contributed by atoms with van der Waals surface area (Å²) in [5, 5.41) is 11.6. The normalized spacial score (nSPS) is 11.6. The molecule has 0 saturated heterocycles. The van der Waals surface area contributed by atoms with Crippen molar-refractivity contribution in [2.45, 2.75) is 45.6 Å². The number of aromatic nitrogens is 2. The lowest BCUT2D eigenvalue weighted by Crippen LogP contribution is -2.36. The van der Waals surface area contributed by atoms with Crippen molar-refractivity contribution in [1.82, 2.24) is 10.2 Å². The summed E-state index contributed by atoms with van der Waals surface area (Å²) < 4.78 is 0. The molecule has 5 heteroatoms. The Morgan fingerprint density at radius 3 is 2.19 bits per heavy atom. The molecule has 1 rings (SSSR count). The second-order valence-corrected chi connectivity index (χ2v) is 4.58. The van der Waals surface area contributed by atoms with Crippen LogP contribution in [-0.4, -0.2) is 15.7 Å². The van der Waals surface area contributed by atoms with Crippen molar-refractivity contribution < 1.29 is 0 Å². The molecule has 0 amide bonds. The maximum Gasteiger partial charge on any atom is 0.174 e. The Labute approximate surface area is 107 Å². The summed E-state index contributed by atoms with van der Waals surface area (Å²) in [5.41, 5.74) is 0.808. The largest absolute Gasteiger partial charge is 0.377 e. The summed E-state index contributed by atoms with van der Waals surface area (Å²) in [6.07, 6.45) is 3.07. The Bertz CT molecular complexity index is 343. The van der Waals surface area contributed by atoms with Gasteiger partial charge in [-0.3, -0.25) is 0 Å². The van der Waals surface area contributed by atoms with Gasteiger partial charge in [0.25, 0.3) is 0 Å². The van der Waals surface area contributed by atoms with Crippen LogP contribution in [0.1, 0.15) is 40.0 Å². The number of hydrogen-bond acceptors (Lipinski definition) is 3. The van der Waals surface area contributed by atoms with Gasteiger partial charge in [0.15, 0.2) is 10.3 Å². The Morgan fingerprint density at radius 1 is 1.12 bits per heavy atom. The van der Waals surface area contributed by atoms with E-state index in [1.54, 1.807) is 6.07 Å². The lowest BCUT2D eigenvalue weighted by molar-refractivity contribution is 0.420. The first-order valence-corrected chi connectivity index (χ1v) is 6.29. The summed E-state index contributed by atoms with van der Waals surface area (Å²) in [6, 6.07) is 1.71. The molecule has 0 saturated carbocycles. The lowest BCUT2D eigenvalue weighted by Gasteiger charge is -2.33. The minimum Gasteiger partial charge on any atom is -0.377 e. The van der Waals surface area contributed by atoms with Crippen LogP contribution in [0.5, 0.6) is 0 Å². The molecule has 0 atom stereocenters. The van der Waals surface area contributed by atoms with E-state index in [2.05, 4.69) is 36.3 Å². The third kappa shape index (κ3) is 2.98. The predicted molar refractivity (Wildman–Crippen MR) is 69.3 cm³/mol. The highest BCUT2D eigenvalue weighted by Gasteiger charge is 2.24. The van der Waals surface area contributed by atoms with Gasteiger partial charge in [0.2, 0.25) is 0 Å². The van der Waals surface area contributed by atoms with Crippen molar-refractivity contribution in [2.24, 2.45) is 0 Å². The quantitative estimate of drug-likeness (QED) is 0.865. The Balaban J connectivity index is 2.97. The molecule has 1 aromatic rings. The molecule has 0 aliphatic heterocycles. The Morgan fingerprint density at radius 2 is 1.69 bits per heavy atom. The van der Waals surface area contributed by atoms with Crippen molar-refractivity contribution in [2.75, 3.05) is 5.32 Å². The fourth-order valence-corrected chi connectivity index (χ4v) is 2.03. The molecule has 90 valence electrons. The molecule has 1 heterocycles. The fourth-order valence-electron chi connectivity index (χ4n) is 1.74. The highest BCUT2D eigenvalue weighted by Crippen LogP contribution is 2.29. The van der Waals surface area contributed by atoms with Gasteiger partial charge >= 0.3 is 0 Å². The van der Waals surface area contributed by atoms with Crippen LogP contribution in [0.4, 0.5) is 5.69 Å². The zero-order chi connectivity index (χ0) is 12.2. The summed E-state index contributed by atoms with van der Waals surface area (Å²) in [4.78, 5) is 0. The van der Waals surface area contributed by atoms with Crippen molar-refractivity contribution in [3.05, 3.63) is 16.4 Å². The maximum absolute atomic E-state index is 5.98.